The zero-order valence-corrected chi connectivity index (χ0v) is 13.7. The van der Waals surface area contributed by atoms with E-state index in [4.69, 9.17) is 0 Å². The highest BCUT2D eigenvalue weighted by Crippen LogP contribution is 2.18. The van der Waals surface area contributed by atoms with E-state index < -0.39 is 10.0 Å². The standard InChI is InChI=1S/C14H26N4O2S/c1-12(2)6-8-17-21(19,20)14-10-16-18(11-14)9-3-7-15-13-4-5-13/h10-13,15,17H,3-9H2,1-2H3. The third-order valence-corrected chi connectivity index (χ3v) is 4.92. The molecule has 0 aliphatic heterocycles. The van der Waals surface area contributed by atoms with Crippen LogP contribution in [-0.2, 0) is 16.6 Å². The quantitative estimate of drug-likeness (QED) is 0.639. The Morgan fingerprint density at radius 1 is 1.38 bits per heavy atom. The van der Waals surface area contributed by atoms with E-state index in [0.29, 0.717) is 18.5 Å². The fourth-order valence-corrected chi connectivity index (χ4v) is 3.01. The van der Waals surface area contributed by atoms with Crippen LogP contribution in [0.2, 0.25) is 0 Å². The van der Waals surface area contributed by atoms with Crippen molar-refractivity contribution in [2.75, 3.05) is 13.1 Å². The van der Waals surface area contributed by atoms with E-state index in [-0.39, 0.29) is 4.90 Å². The Labute approximate surface area is 127 Å². The van der Waals surface area contributed by atoms with Crippen LogP contribution in [-0.4, -0.2) is 37.3 Å². The van der Waals surface area contributed by atoms with E-state index in [1.165, 1.54) is 19.0 Å². The predicted octanol–water partition coefficient (Wildman–Crippen LogP) is 1.35. The molecule has 1 aliphatic rings. The molecule has 120 valence electrons. The van der Waals surface area contributed by atoms with Crippen molar-refractivity contribution >= 4 is 10.0 Å². The van der Waals surface area contributed by atoms with Crippen molar-refractivity contribution in [2.45, 2.75) is 57.0 Å². The van der Waals surface area contributed by atoms with E-state index in [0.717, 1.165) is 25.9 Å². The van der Waals surface area contributed by atoms with Gasteiger partial charge in [-0.25, -0.2) is 13.1 Å². The molecule has 0 bridgehead atoms. The van der Waals surface area contributed by atoms with E-state index in [9.17, 15) is 8.42 Å². The van der Waals surface area contributed by atoms with Crippen molar-refractivity contribution in [3.8, 4) is 0 Å². The first-order valence-electron chi connectivity index (χ1n) is 7.73. The van der Waals surface area contributed by atoms with Crippen molar-refractivity contribution in [1.29, 1.82) is 0 Å². The van der Waals surface area contributed by atoms with E-state index in [2.05, 4.69) is 29.0 Å². The summed E-state index contributed by atoms with van der Waals surface area (Å²) in [5, 5.41) is 7.56. The monoisotopic (exact) mass is 314 g/mol. The molecule has 0 spiro atoms. The number of aromatic nitrogens is 2. The lowest BCUT2D eigenvalue weighted by Crippen LogP contribution is -2.25. The summed E-state index contributed by atoms with van der Waals surface area (Å²) < 4.78 is 28.5. The highest BCUT2D eigenvalue weighted by molar-refractivity contribution is 7.89. The van der Waals surface area contributed by atoms with Crippen LogP contribution in [0.1, 0.15) is 39.5 Å². The van der Waals surface area contributed by atoms with Gasteiger partial charge >= 0.3 is 0 Å². The minimum absolute atomic E-state index is 0.251. The van der Waals surface area contributed by atoms with Gasteiger partial charge in [-0.1, -0.05) is 13.8 Å². The first kappa shape index (κ1) is 16.5. The molecular formula is C14H26N4O2S. The molecule has 1 heterocycles. The summed E-state index contributed by atoms with van der Waals surface area (Å²) >= 11 is 0. The van der Waals surface area contributed by atoms with Gasteiger partial charge in [-0.15, -0.1) is 0 Å². The average molecular weight is 314 g/mol. The molecule has 7 heteroatoms. The number of hydrogen-bond donors (Lipinski definition) is 2. The Morgan fingerprint density at radius 2 is 2.14 bits per heavy atom. The number of aryl methyl sites for hydroxylation is 1. The number of sulfonamides is 1. The molecule has 1 aromatic rings. The molecule has 1 aliphatic carbocycles. The van der Waals surface area contributed by atoms with E-state index in [1.807, 2.05) is 0 Å². The number of rotatable bonds is 10. The van der Waals surface area contributed by atoms with Crippen molar-refractivity contribution in [2.24, 2.45) is 5.92 Å². The third-order valence-electron chi connectivity index (χ3n) is 3.51. The second-order valence-corrected chi connectivity index (χ2v) is 7.87. The first-order valence-corrected chi connectivity index (χ1v) is 9.21. The van der Waals surface area contributed by atoms with Crippen LogP contribution in [0.25, 0.3) is 0 Å². The van der Waals surface area contributed by atoms with Gasteiger partial charge in [0.25, 0.3) is 0 Å². The summed E-state index contributed by atoms with van der Waals surface area (Å²) in [4.78, 5) is 0.251. The Bertz CT molecular complexity index is 535. The second kappa shape index (κ2) is 7.38. The van der Waals surface area contributed by atoms with Crippen LogP contribution in [0, 0.1) is 5.92 Å². The Hall–Kier alpha value is -0.920. The van der Waals surface area contributed by atoms with Crippen LogP contribution in [0.4, 0.5) is 0 Å². The third kappa shape index (κ3) is 5.76. The van der Waals surface area contributed by atoms with Crippen LogP contribution in [0.3, 0.4) is 0 Å². The summed E-state index contributed by atoms with van der Waals surface area (Å²) in [6.07, 6.45) is 7.39. The predicted molar refractivity (Wildman–Crippen MR) is 82.5 cm³/mol. The maximum Gasteiger partial charge on any atom is 0.243 e. The van der Waals surface area contributed by atoms with Gasteiger partial charge in [0.05, 0.1) is 6.20 Å². The van der Waals surface area contributed by atoms with Crippen molar-refractivity contribution in [3.63, 3.8) is 0 Å². The molecule has 0 saturated heterocycles. The summed E-state index contributed by atoms with van der Waals surface area (Å²) in [5.74, 6) is 0.481. The molecule has 0 radical (unpaired) electrons. The van der Waals surface area contributed by atoms with Gasteiger partial charge in [-0.3, -0.25) is 4.68 Å². The summed E-state index contributed by atoms with van der Waals surface area (Å²) in [5.41, 5.74) is 0. The molecular weight excluding hydrogens is 288 g/mol. The minimum Gasteiger partial charge on any atom is -0.314 e. The fraction of sp³-hybridized carbons (Fsp3) is 0.786. The molecule has 1 fully saturated rings. The topological polar surface area (TPSA) is 76.0 Å². The Morgan fingerprint density at radius 3 is 2.81 bits per heavy atom. The Kier molecular flexibility index (Phi) is 5.78. The van der Waals surface area contributed by atoms with Crippen molar-refractivity contribution in [1.82, 2.24) is 19.8 Å². The maximum absolute atomic E-state index is 12.1. The maximum atomic E-state index is 12.1. The van der Waals surface area contributed by atoms with Crippen LogP contribution < -0.4 is 10.0 Å². The van der Waals surface area contributed by atoms with Crippen LogP contribution in [0.15, 0.2) is 17.3 Å². The van der Waals surface area contributed by atoms with Gasteiger partial charge in [0, 0.05) is 25.3 Å². The van der Waals surface area contributed by atoms with Gasteiger partial charge < -0.3 is 5.32 Å². The van der Waals surface area contributed by atoms with Gasteiger partial charge in [0.1, 0.15) is 4.90 Å². The lowest BCUT2D eigenvalue weighted by Gasteiger charge is -2.06. The normalized spacial score (nSPS) is 15.8. The summed E-state index contributed by atoms with van der Waals surface area (Å²) in [7, 11) is -3.42. The second-order valence-electron chi connectivity index (χ2n) is 6.10. The highest BCUT2D eigenvalue weighted by atomic mass is 32.2. The SMILES string of the molecule is CC(C)CCNS(=O)(=O)c1cnn(CCCNC2CC2)c1. The number of hydrogen-bond acceptors (Lipinski definition) is 4. The largest absolute Gasteiger partial charge is 0.314 e. The zero-order chi connectivity index (χ0) is 15.3. The molecule has 0 unspecified atom stereocenters. The molecule has 1 aromatic heterocycles. The van der Waals surface area contributed by atoms with Crippen molar-refractivity contribution in [3.05, 3.63) is 12.4 Å². The van der Waals surface area contributed by atoms with Gasteiger partial charge in [0.2, 0.25) is 10.0 Å². The van der Waals surface area contributed by atoms with Crippen LogP contribution in [0.5, 0.6) is 0 Å². The van der Waals surface area contributed by atoms with Crippen molar-refractivity contribution < 1.29 is 8.42 Å². The molecule has 2 rings (SSSR count). The fourth-order valence-electron chi connectivity index (χ4n) is 2.01. The number of nitrogens with one attached hydrogen (secondary N) is 2. The number of nitrogens with zero attached hydrogens (tertiary/aromatic N) is 2. The first-order chi connectivity index (χ1) is 9.97. The lowest BCUT2D eigenvalue weighted by molar-refractivity contribution is 0.540. The lowest BCUT2D eigenvalue weighted by atomic mass is 10.1. The molecule has 0 aromatic carbocycles. The zero-order valence-electron chi connectivity index (χ0n) is 12.9. The van der Waals surface area contributed by atoms with Crippen LogP contribution >= 0.6 is 0 Å². The van der Waals surface area contributed by atoms with E-state index >= 15 is 0 Å². The van der Waals surface area contributed by atoms with Gasteiger partial charge in [-0.05, 0) is 38.1 Å². The van der Waals surface area contributed by atoms with E-state index in [1.54, 1.807) is 10.9 Å². The smallest absolute Gasteiger partial charge is 0.243 e. The molecule has 1 saturated carbocycles. The molecule has 6 nitrogen and oxygen atoms in total. The molecule has 0 amide bonds. The summed E-state index contributed by atoms with van der Waals surface area (Å²) in [6, 6.07) is 0.712. The molecule has 2 N–H and O–H groups in total. The van der Waals surface area contributed by atoms with Gasteiger partial charge in [-0.2, -0.15) is 5.10 Å². The molecule has 21 heavy (non-hydrogen) atoms. The summed E-state index contributed by atoms with van der Waals surface area (Å²) in [6.45, 7) is 6.31. The Balaban J connectivity index is 1.76. The highest BCUT2D eigenvalue weighted by Gasteiger charge is 2.19. The molecule has 0 atom stereocenters. The average Bonchev–Trinajstić information content (AvgIpc) is 3.10. The minimum atomic E-state index is -3.42. The van der Waals surface area contributed by atoms with Gasteiger partial charge in [0.15, 0.2) is 0 Å².